The van der Waals surface area contributed by atoms with Crippen molar-refractivity contribution in [3.8, 4) is 11.1 Å². The van der Waals surface area contributed by atoms with Crippen molar-refractivity contribution in [3.63, 3.8) is 0 Å². The minimum atomic E-state index is -0.260. The number of fused-ring (bicyclic) bond motifs is 1. The molecule has 4 aromatic rings. The maximum Gasteiger partial charge on any atom is 0.263 e. The van der Waals surface area contributed by atoms with Gasteiger partial charge in [-0.05, 0) is 30.2 Å². The third kappa shape index (κ3) is 4.04. The normalized spacial score (nSPS) is 11.1. The molecule has 4 rings (SSSR count). The summed E-state index contributed by atoms with van der Waals surface area (Å²) in [4.78, 5) is 18.8. The largest absolute Gasteiger partial charge is 0.283 e. The number of nitrogens with zero attached hydrogens (tertiary/aromatic N) is 2. The van der Waals surface area contributed by atoms with Crippen LogP contribution in [0.1, 0.15) is 11.1 Å². The van der Waals surface area contributed by atoms with Crippen LogP contribution in [0.5, 0.6) is 0 Å². The van der Waals surface area contributed by atoms with Gasteiger partial charge in [0, 0.05) is 23.2 Å². The molecule has 0 spiro atoms. The molecule has 0 aliphatic carbocycles. The second-order valence-corrected chi connectivity index (χ2v) is 8.51. The molecule has 0 saturated carbocycles. The van der Waals surface area contributed by atoms with Crippen molar-refractivity contribution < 1.29 is 4.39 Å². The predicted molar refractivity (Wildman–Crippen MR) is 120 cm³/mol. The summed E-state index contributed by atoms with van der Waals surface area (Å²) < 4.78 is 14.8. The van der Waals surface area contributed by atoms with Gasteiger partial charge in [0.1, 0.15) is 10.6 Å². The Morgan fingerprint density at radius 1 is 1.17 bits per heavy atom. The van der Waals surface area contributed by atoms with Crippen LogP contribution in [-0.4, -0.2) is 9.55 Å². The summed E-state index contributed by atoms with van der Waals surface area (Å²) in [6.07, 6.45) is 1.70. The van der Waals surface area contributed by atoms with E-state index < -0.39 is 0 Å². The van der Waals surface area contributed by atoms with Gasteiger partial charge in [-0.1, -0.05) is 59.8 Å². The summed E-state index contributed by atoms with van der Waals surface area (Å²) >= 11 is 2.95. The maximum absolute atomic E-state index is 13.3. The Balaban J connectivity index is 1.76. The van der Waals surface area contributed by atoms with Crippen LogP contribution in [0.25, 0.3) is 21.3 Å². The number of hydrogen-bond donors (Lipinski definition) is 0. The van der Waals surface area contributed by atoms with Gasteiger partial charge in [0.2, 0.25) is 0 Å². The molecule has 6 heteroatoms. The highest BCUT2D eigenvalue weighted by atomic mass is 32.2. The maximum atomic E-state index is 13.3. The number of aromatic nitrogens is 2. The first-order valence-corrected chi connectivity index (χ1v) is 11.0. The van der Waals surface area contributed by atoms with Crippen molar-refractivity contribution in [3.05, 3.63) is 93.9 Å². The van der Waals surface area contributed by atoms with Crippen molar-refractivity contribution in [1.82, 2.24) is 9.55 Å². The van der Waals surface area contributed by atoms with Gasteiger partial charge in [-0.2, -0.15) is 0 Å². The Hall–Kier alpha value is -2.70. The summed E-state index contributed by atoms with van der Waals surface area (Å²) in [5, 5.41) is 3.28. The molecule has 0 amide bonds. The van der Waals surface area contributed by atoms with Crippen molar-refractivity contribution >= 4 is 33.3 Å². The Bertz CT molecular complexity index is 1220. The molecule has 3 nitrogen and oxygen atoms in total. The highest BCUT2D eigenvalue weighted by molar-refractivity contribution is 7.98. The van der Waals surface area contributed by atoms with Crippen LogP contribution in [0.15, 0.2) is 76.5 Å². The molecule has 0 aliphatic heterocycles. The quantitative estimate of drug-likeness (QED) is 0.215. The van der Waals surface area contributed by atoms with Crippen LogP contribution in [-0.2, 0) is 12.3 Å². The Kier molecular flexibility index (Phi) is 5.65. The number of allylic oxidation sites excluding steroid dienone is 1. The Morgan fingerprint density at radius 2 is 1.90 bits per heavy atom. The standard InChI is InChI=1S/C23H19FN2OS2/c1-3-12-26-22(27)20-19(17-8-4-15(2)5-9-17)14-28-21(20)25-23(26)29-13-16-6-10-18(24)11-7-16/h3-11,14H,1,12-13H2,2H3. The molecule has 2 heterocycles. The zero-order valence-corrected chi connectivity index (χ0v) is 17.5. The molecular formula is C23H19FN2OS2. The van der Waals surface area contributed by atoms with E-state index in [9.17, 15) is 9.18 Å². The van der Waals surface area contributed by atoms with Crippen LogP contribution in [0.2, 0.25) is 0 Å². The Labute approximate surface area is 176 Å². The molecule has 0 bridgehead atoms. The summed E-state index contributed by atoms with van der Waals surface area (Å²) in [5.41, 5.74) is 4.01. The molecule has 2 aromatic heterocycles. The summed E-state index contributed by atoms with van der Waals surface area (Å²) in [7, 11) is 0. The Morgan fingerprint density at radius 3 is 2.59 bits per heavy atom. The minimum absolute atomic E-state index is 0.0617. The molecule has 0 N–H and O–H groups in total. The van der Waals surface area contributed by atoms with Gasteiger partial charge in [-0.3, -0.25) is 9.36 Å². The lowest BCUT2D eigenvalue weighted by Gasteiger charge is -2.11. The third-order valence-electron chi connectivity index (χ3n) is 4.61. The average Bonchev–Trinajstić information content (AvgIpc) is 3.15. The number of aryl methyl sites for hydroxylation is 1. The van der Waals surface area contributed by atoms with Crippen LogP contribution in [0, 0.1) is 12.7 Å². The van der Waals surface area contributed by atoms with Crippen LogP contribution >= 0.6 is 23.1 Å². The number of halogens is 1. The molecule has 2 aromatic carbocycles. The number of thioether (sulfide) groups is 1. The van der Waals surface area contributed by atoms with E-state index in [1.54, 1.807) is 22.8 Å². The molecule has 0 radical (unpaired) electrons. The molecule has 0 atom stereocenters. The van der Waals surface area contributed by atoms with Crippen LogP contribution in [0.4, 0.5) is 4.39 Å². The zero-order chi connectivity index (χ0) is 20.4. The first kappa shape index (κ1) is 19.6. The van der Waals surface area contributed by atoms with Gasteiger partial charge in [0.25, 0.3) is 5.56 Å². The van der Waals surface area contributed by atoms with Gasteiger partial charge < -0.3 is 0 Å². The van der Waals surface area contributed by atoms with Crippen molar-refractivity contribution in [2.45, 2.75) is 24.4 Å². The fourth-order valence-corrected chi connectivity index (χ4v) is 5.03. The lowest BCUT2D eigenvalue weighted by Crippen LogP contribution is -2.22. The topological polar surface area (TPSA) is 34.9 Å². The van der Waals surface area contributed by atoms with Gasteiger partial charge >= 0.3 is 0 Å². The average molecular weight is 423 g/mol. The number of benzene rings is 2. The third-order valence-corrected chi connectivity index (χ3v) is 6.53. The molecule has 29 heavy (non-hydrogen) atoms. The smallest absolute Gasteiger partial charge is 0.263 e. The first-order valence-electron chi connectivity index (χ1n) is 9.14. The van der Waals surface area contributed by atoms with Crippen molar-refractivity contribution in [2.75, 3.05) is 0 Å². The van der Waals surface area contributed by atoms with E-state index in [1.165, 1.54) is 40.8 Å². The predicted octanol–water partition coefficient (Wildman–Crippen LogP) is 6.05. The fourth-order valence-electron chi connectivity index (χ4n) is 3.08. The lowest BCUT2D eigenvalue weighted by molar-refractivity contribution is 0.627. The fraction of sp³-hybridized carbons (Fsp3) is 0.130. The summed E-state index contributed by atoms with van der Waals surface area (Å²) in [5.74, 6) is 0.343. The van der Waals surface area contributed by atoms with E-state index in [-0.39, 0.29) is 11.4 Å². The second-order valence-electron chi connectivity index (χ2n) is 6.71. The lowest BCUT2D eigenvalue weighted by atomic mass is 10.1. The van der Waals surface area contributed by atoms with Gasteiger partial charge in [0.05, 0.1) is 5.39 Å². The highest BCUT2D eigenvalue weighted by Gasteiger charge is 2.17. The zero-order valence-electron chi connectivity index (χ0n) is 15.9. The van der Waals surface area contributed by atoms with Crippen LogP contribution in [0.3, 0.4) is 0 Å². The van der Waals surface area contributed by atoms with Gasteiger partial charge in [-0.15, -0.1) is 17.9 Å². The number of rotatable bonds is 6. The highest BCUT2D eigenvalue weighted by Crippen LogP contribution is 2.33. The molecule has 0 saturated heterocycles. The van der Waals surface area contributed by atoms with E-state index in [1.807, 2.05) is 36.6 Å². The summed E-state index contributed by atoms with van der Waals surface area (Å²) in [6, 6.07) is 14.5. The SMILES string of the molecule is C=CCn1c(SCc2ccc(F)cc2)nc2scc(-c3ccc(C)cc3)c2c1=O. The van der Waals surface area contributed by atoms with Crippen molar-refractivity contribution in [1.29, 1.82) is 0 Å². The van der Waals surface area contributed by atoms with Crippen molar-refractivity contribution in [2.24, 2.45) is 0 Å². The number of hydrogen-bond acceptors (Lipinski definition) is 4. The van der Waals surface area contributed by atoms with E-state index in [4.69, 9.17) is 4.98 Å². The number of thiophene rings is 1. The van der Waals surface area contributed by atoms with Gasteiger partial charge in [-0.25, -0.2) is 9.37 Å². The van der Waals surface area contributed by atoms with E-state index in [0.29, 0.717) is 22.8 Å². The molecule has 0 unspecified atom stereocenters. The first-order chi connectivity index (χ1) is 14.1. The second kappa shape index (κ2) is 8.35. The monoisotopic (exact) mass is 422 g/mol. The van der Waals surface area contributed by atoms with E-state index in [0.717, 1.165) is 21.5 Å². The minimum Gasteiger partial charge on any atom is -0.283 e. The van der Waals surface area contributed by atoms with E-state index >= 15 is 0 Å². The molecule has 0 aliphatic rings. The molecular weight excluding hydrogens is 403 g/mol. The summed E-state index contributed by atoms with van der Waals surface area (Å²) in [6.45, 7) is 6.21. The van der Waals surface area contributed by atoms with E-state index in [2.05, 4.69) is 6.58 Å². The van der Waals surface area contributed by atoms with Crippen LogP contribution < -0.4 is 5.56 Å². The molecule has 146 valence electrons. The van der Waals surface area contributed by atoms with Gasteiger partial charge in [0.15, 0.2) is 5.16 Å². The molecule has 0 fully saturated rings.